The Labute approximate surface area is 87.1 Å². The van der Waals surface area contributed by atoms with E-state index in [4.69, 9.17) is 5.73 Å². The number of imidazole rings is 1. The van der Waals surface area contributed by atoms with E-state index >= 15 is 0 Å². The topological polar surface area (TPSA) is 118 Å². The lowest BCUT2D eigenvalue weighted by atomic mass is 10.4. The van der Waals surface area contributed by atoms with Gasteiger partial charge in [-0.1, -0.05) is 0 Å². The lowest BCUT2D eigenvalue weighted by Crippen LogP contribution is -2.42. The Bertz CT molecular complexity index is 464. The predicted octanol–water partition coefficient (Wildman–Crippen LogP) is -1.13. The summed E-state index contributed by atoms with van der Waals surface area (Å²) < 4.78 is 25.3. The van der Waals surface area contributed by atoms with Crippen molar-refractivity contribution in [3.8, 4) is 0 Å². The van der Waals surface area contributed by atoms with Gasteiger partial charge in [0, 0.05) is 0 Å². The van der Waals surface area contributed by atoms with E-state index in [0.717, 1.165) is 0 Å². The van der Waals surface area contributed by atoms with E-state index in [2.05, 4.69) is 14.7 Å². The number of amides is 1. The molecule has 0 fully saturated rings. The molecule has 1 rings (SSSR count). The first-order valence-electron chi connectivity index (χ1n) is 4.16. The summed E-state index contributed by atoms with van der Waals surface area (Å²) in [6, 6.07) is -0.960. The van der Waals surface area contributed by atoms with Crippen LogP contribution in [0.3, 0.4) is 0 Å². The molecule has 0 bridgehead atoms. The number of aryl methyl sites for hydroxylation is 1. The minimum Gasteiger partial charge on any atom is -0.368 e. The Morgan fingerprint density at radius 1 is 1.67 bits per heavy atom. The van der Waals surface area contributed by atoms with Crippen molar-refractivity contribution in [2.75, 3.05) is 0 Å². The molecule has 4 N–H and O–H groups in total. The van der Waals surface area contributed by atoms with Gasteiger partial charge in [0.15, 0.2) is 5.03 Å². The van der Waals surface area contributed by atoms with Crippen molar-refractivity contribution in [2.24, 2.45) is 5.73 Å². The number of hydrogen-bond donors (Lipinski definition) is 3. The second-order valence-electron chi connectivity index (χ2n) is 3.08. The van der Waals surface area contributed by atoms with Gasteiger partial charge in [-0.05, 0) is 13.8 Å². The maximum absolute atomic E-state index is 11.6. The summed E-state index contributed by atoms with van der Waals surface area (Å²) in [6.07, 6.45) is 1.17. The molecule has 1 aromatic heterocycles. The third-order valence-corrected chi connectivity index (χ3v) is 3.18. The Kier molecular flexibility index (Phi) is 3.10. The van der Waals surface area contributed by atoms with Gasteiger partial charge in [-0.2, -0.15) is 4.72 Å². The van der Waals surface area contributed by atoms with Crippen LogP contribution in [0.2, 0.25) is 0 Å². The third kappa shape index (κ3) is 2.77. The van der Waals surface area contributed by atoms with Gasteiger partial charge in [-0.3, -0.25) is 4.79 Å². The molecule has 7 nitrogen and oxygen atoms in total. The number of rotatable bonds is 4. The van der Waals surface area contributed by atoms with Crippen LogP contribution >= 0.6 is 0 Å². The number of carbonyl (C=O) groups excluding carboxylic acids is 1. The number of aromatic nitrogens is 2. The molecule has 1 unspecified atom stereocenters. The molecule has 84 valence electrons. The largest absolute Gasteiger partial charge is 0.368 e. The zero-order chi connectivity index (χ0) is 11.6. The summed E-state index contributed by atoms with van der Waals surface area (Å²) in [5, 5.41) is -0.0897. The highest BCUT2D eigenvalue weighted by atomic mass is 32.2. The second-order valence-corrected chi connectivity index (χ2v) is 4.76. The standard InChI is InChI=1S/C7H12N4O3S/c1-4(7(8)12)11-15(13,14)6-3-9-5(2)10-6/h3-4,11H,1-2H3,(H2,8,12)(H,9,10). The third-order valence-electron chi connectivity index (χ3n) is 1.73. The van der Waals surface area contributed by atoms with Gasteiger partial charge >= 0.3 is 0 Å². The predicted molar refractivity (Wildman–Crippen MR) is 52.3 cm³/mol. The number of nitrogens with zero attached hydrogens (tertiary/aromatic N) is 1. The average Bonchev–Trinajstić information content (AvgIpc) is 2.51. The highest BCUT2D eigenvalue weighted by Gasteiger charge is 2.21. The van der Waals surface area contributed by atoms with Gasteiger partial charge in [-0.25, -0.2) is 13.4 Å². The summed E-state index contributed by atoms with van der Waals surface area (Å²) >= 11 is 0. The minimum atomic E-state index is -3.75. The van der Waals surface area contributed by atoms with Crippen LogP contribution in [-0.4, -0.2) is 30.3 Å². The smallest absolute Gasteiger partial charge is 0.258 e. The van der Waals surface area contributed by atoms with Gasteiger partial charge < -0.3 is 10.7 Å². The van der Waals surface area contributed by atoms with E-state index in [9.17, 15) is 13.2 Å². The maximum Gasteiger partial charge on any atom is 0.258 e. The SMILES string of the molecule is Cc1ncc(S(=O)(=O)NC(C)C(N)=O)[nH]1. The van der Waals surface area contributed by atoms with Gasteiger partial charge in [0.25, 0.3) is 10.0 Å². The van der Waals surface area contributed by atoms with Gasteiger partial charge in [-0.15, -0.1) is 0 Å². The van der Waals surface area contributed by atoms with Crippen LogP contribution < -0.4 is 10.5 Å². The van der Waals surface area contributed by atoms with Crippen molar-refractivity contribution < 1.29 is 13.2 Å². The van der Waals surface area contributed by atoms with Crippen molar-refractivity contribution in [2.45, 2.75) is 24.9 Å². The summed E-state index contributed by atoms with van der Waals surface area (Å²) in [5.74, 6) is -0.267. The summed E-state index contributed by atoms with van der Waals surface area (Å²) in [5.41, 5.74) is 4.93. The molecule has 0 saturated carbocycles. The molecular formula is C7H12N4O3S. The number of H-pyrrole nitrogens is 1. The number of hydrogen-bond acceptors (Lipinski definition) is 4. The first-order valence-corrected chi connectivity index (χ1v) is 5.64. The summed E-state index contributed by atoms with van der Waals surface area (Å²) in [6.45, 7) is 2.99. The molecule has 0 aliphatic heterocycles. The molecule has 0 aliphatic rings. The van der Waals surface area contributed by atoms with E-state index in [1.807, 2.05) is 0 Å². The molecule has 1 atom stereocenters. The van der Waals surface area contributed by atoms with E-state index < -0.39 is 22.0 Å². The van der Waals surface area contributed by atoms with Crippen molar-refractivity contribution >= 4 is 15.9 Å². The first kappa shape index (κ1) is 11.7. The molecular weight excluding hydrogens is 220 g/mol. The minimum absolute atomic E-state index is 0.0897. The maximum atomic E-state index is 11.6. The van der Waals surface area contributed by atoms with E-state index in [1.54, 1.807) is 6.92 Å². The van der Waals surface area contributed by atoms with Crippen molar-refractivity contribution in [1.29, 1.82) is 0 Å². The van der Waals surface area contributed by atoms with Gasteiger partial charge in [0.05, 0.1) is 12.2 Å². The van der Waals surface area contributed by atoms with Crippen LogP contribution in [0.15, 0.2) is 11.2 Å². The number of aromatic amines is 1. The summed E-state index contributed by atoms with van der Waals surface area (Å²) in [4.78, 5) is 17.0. The van der Waals surface area contributed by atoms with Crippen molar-refractivity contribution in [3.05, 3.63) is 12.0 Å². The van der Waals surface area contributed by atoms with Crippen molar-refractivity contribution in [3.63, 3.8) is 0 Å². The molecule has 0 spiro atoms. The molecule has 15 heavy (non-hydrogen) atoms. The normalized spacial score (nSPS) is 13.7. The number of carbonyl (C=O) groups is 1. The Morgan fingerprint density at radius 3 is 2.67 bits per heavy atom. The molecule has 8 heteroatoms. The number of nitrogens with one attached hydrogen (secondary N) is 2. The lowest BCUT2D eigenvalue weighted by molar-refractivity contribution is -0.119. The Morgan fingerprint density at radius 2 is 2.27 bits per heavy atom. The van der Waals surface area contributed by atoms with Crippen LogP contribution in [0.4, 0.5) is 0 Å². The first-order chi connectivity index (χ1) is 6.83. The fourth-order valence-corrected chi connectivity index (χ4v) is 2.07. The van der Waals surface area contributed by atoms with Crippen LogP contribution in [0.1, 0.15) is 12.7 Å². The van der Waals surface area contributed by atoms with Crippen LogP contribution in [0, 0.1) is 6.92 Å². The fraction of sp³-hybridized carbons (Fsp3) is 0.429. The number of nitrogens with two attached hydrogens (primary N) is 1. The highest BCUT2D eigenvalue weighted by molar-refractivity contribution is 7.89. The van der Waals surface area contributed by atoms with Gasteiger partial charge in [0.1, 0.15) is 5.82 Å². The Hall–Kier alpha value is -1.41. The lowest BCUT2D eigenvalue weighted by Gasteiger charge is -2.08. The number of primary amides is 1. The molecule has 1 aromatic rings. The zero-order valence-corrected chi connectivity index (χ0v) is 9.13. The number of sulfonamides is 1. The molecule has 0 saturated heterocycles. The fourth-order valence-electron chi connectivity index (χ4n) is 0.889. The van der Waals surface area contributed by atoms with E-state index in [-0.39, 0.29) is 5.03 Å². The molecule has 0 aliphatic carbocycles. The molecule has 0 radical (unpaired) electrons. The van der Waals surface area contributed by atoms with Gasteiger partial charge in [0.2, 0.25) is 5.91 Å². The molecule has 1 heterocycles. The zero-order valence-electron chi connectivity index (χ0n) is 8.31. The van der Waals surface area contributed by atoms with E-state index in [1.165, 1.54) is 13.1 Å². The van der Waals surface area contributed by atoms with Crippen LogP contribution in [-0.2, 0) is 14.8 Å². The van der Waals surface area contributed by atoms with E-state index in [0.29, 0.717) is 5.82 Å². The van der Waals surface area contributed by atoms with Crippen molar-refractivity contribution in [1.82, 2.24) is 14.7 Å². The quantitative estimate of drug-likeness (QED) is 0.608. The Balaban J connectivity index is 2.90. The van der Waals surface area contributed by atoms with Crippen LogP contribution in [0.5, 0.6) is 0 Å². The second kappa shape index (κ2) is 3.99. The van der Waals surface area contributed by atoms with Crippen LogP contribution in [0.25, 0.3) is 0 Å². The molecule has 0 aromatic carbocycles. The molecule has 1 amide bonds. The summed E-state index contributed by atoms with van der Waals surface area (Å²) in [7, 11) is -3.75. The average molecular weight is 232 g/mol. The highest BCUT2D eigenvalue weighted by Crippen LogP contribution is 2.05. The monoisotopic (exact) mass is 232 g/mol.